The smallest absolute Gasteiger partial charge is 0.334 e. The third kappa shape index (κ3) is 3.46. The molecular formula is C15H14Cl2N4O4. The lowest BCUT2D eigenvalue weighted by Gasteiger charge is -2.29. The van der Waals surface area contributed by atoms with E-state index in [1.54, 1.807) is 25.1 Å². The van der Waals surface area contributed by atoms with Crippen molar-refractivity contribution in [2.75, 3.05) is 19.7 Å². The molecule has 1 aliphatic heterocycles. The molecule has 1 N–H and O–H groups in total. The van der Waals surface area contributed by atoms with Crippen LogP contribution in [-0.4, -0.2) is 62.4 Å². The average Bonchev–Trinajstić information content (AvgIpc) is 2.96. The van der Waals surface area contributed by atoms with Gasteiger partial charge >= 0.3 is 5.97 Å². The first-order valence-corrected chi connectivity index (χ1v) is 8.16. The van der Waals surface area contributed by atoms with Crippen LogP contribution in [0.3, 0.4) is 0 Å². The van der Waals surface area contributed by atoms with E-state index in [2.05, 4.69) is 10.1 Å². The number of carbonyl (C=O) groups is 2. The number of carboxylic acids is 1. The Hall–Kier alpha value is -2.16. The van der Waals surface area contributed by atoms with Crippen molar-refractivity contribution in [2.24, 2.45) is 0 Å². The third-order valence-corrected chi connectivity index (χ3v) is 4.35. The number of nitrogens with zero attached hydrogens (tertiary/aromatic N) is 4. The summed E-state index contributed by atoms with van der Waals surface area (Å²) in [6.07, 6.45) is -1.06. The van der Waals surface area contributed by atoms with Crippen molar-refractivity contribution in [3.8, 4) is 5.69 Å². The molecule has 0 aliphatic carbocycles. The number of aromatic nitrogens is 3. The van der Waals surface area contributed by atoms with Crippen molar-refractivity contribution in [3.63, 3.8) is 0 Å². The zero-order valence-corrected chi connectivity index (χ0v) is 14.7. The van der Waals surface area contributed by atoms with E-state index >= 15 is 0 Å². The third-order valence-electron chi connectivity index (χ3n) is 3.74. The van der Waals surface area contributed by atoms with Gasteiger partial charge < -0.3 is 14.7 Å². The first kappa shape index (κ1) is 17.7. The molecule has 2 aromatic rings. The number of halogens is 2. The number of aryl methyl sites for hydroxylation is 1. The number of hydrogen-bond acceptors (Lipinski definition) is 5. The van der Waals surface area contributed by atoms with E-state index in [4.69, 9.17) is 33.0 Å². The quantitative estimate of drug-likeness (QED) is 0.866. The van der Waals surface area contributed by atoms with Crippen molar-refractivity contribution in [3.05, 3.63) is 39.9 Å². The van der Waals surface area contributed by atoms with E-state index in [1.165, 1.54) is 9.58 Å². The molecule has 1 aromatic heterocycles. The summed E-state index contributed by atoms with van der Waals surface area (Å²) in [5.74, 6) is -1.21. The van der Waals surface area contributed by atoms with E-state index in [0.717, 1.165) is 0 Å². The van der Waals surface area contributed by atoms with E-state index < -0.39 is 18.0 Å². The molecule has 132 valence electrons. The molecule has 1 atom stereocenters. The van der Waals surface area contributed by atoms with E-state index in [9.17, 15) is 9.59 Å². The highest BCUT2D eigenvalue weighted by atomic mass is 35.5. The summed E-state index contributed by atoms with van der Waals surface area (Å²) in [4.78, 5) is 29.2. The van der Waals surface area contributed by atoms with Crippen LogP contribution in [0.25, 0.3) is 5.69 Å². The molecule has 2 heterocycles. The fourth-order valence-corrected chi connectivity index (χ4v) is 3.07. The first-order valence-electron chi connectivity index (χ1n) is 7.40. The van der Waals surface area contributed by atoms with Gasteiger partial charge in [0.1, 0.15) is 11.5 Å². The molecule has 10 heteroatoms. The summed E-state index contributed by atoms with van der Waals surface area (Å²) in [6.45, 7) is 2.01. The molecule has 8 nitrogen and oxygen atoms in total. The molecule has 3 rings (SSSR count). The van der Waals surface area contributed by atoms with Crippen LogP contribution >= 0.6 is 23.2 Å². The topological polar surface area (TPSA) is 97.6 Å². The van der Waals surface area contributed by atoms with Gasteiger partial charge in [-0.3, -0.25) is 4.79 Å². The number of para-hydroxylation sites is 1. The minimum absolute atomic E-state index is 0.0560. The van der Waals surface area contributed by atoms with E-state index in [0.29, 0.717) is 21.6 Å². The lowest BCUT2D eigenvalue weighted by atomic mass is 10.2. The van der Waals surface area contributed by atoms with E-state index in [-0.39, 0.29) is 25.5 Å². The number of carboxylic acid groups (broad SMARTS) is 1. The van der Waals surface area contributed by atoms with Crippen LogP contribution in [0.1, 0.15) is 16.4 Å². The Morgan fingerprint density at radius 2 is 2.00 bits per heavy atom. The van der Waals surface area contributed by atoms with Gasteiger partial charge in [-0.15, -0.1) is 5.10 Å². The minimum Gasteiger partial charge on any atom is -0.479 e. The number of aliphatic carboxylic acids is 1. The van der Waals surface area contributed by atoms with Crippen LogP contribution < -0.4 is 0 Å². The highest BCUT2D eigenvalue weighted by Gasteiger charge is 2.31. The van der Waals surface area contributed by atoms with Gasteiger partial charge in [-0.1, -0.05) is 29.3 Å². The number of morpholine rings is 1. The minimum atomic E-state index is -1.12. The van der Waals surface area contributed by atoms with Gasteiger partial charge in [0.25, 0.3) is 5.91 Å². The van der Waals surface area contributed by atoms with Gasteiger partial charge in [-0.25, -0.2) is 14.5 Å². The number of carbonyl (C=O) groups excluding carboxylic acids is 1. The molecule has 25 heavy (non-hydrogen) atoms. The molecule has 0 radical (unpaired) electrons. The molecular weight excluding hydrogens is 371 g/mol. The Labute approximate surface area is 152 Å². The number of rotatable bonds is 3. The monoisotopic (exact) mass is 384 g/mol. The van der Waals surface area contributed by atoms with Crippen molar-refractivity contribution >= 4 is 35.1 Å². The van der Waals surface area contributed by atoms with Gasteiger partial charge in [0.2, 0.25) is 5.82 Å². The normalized spacial score (nSPS) is 17.6. The summed E-state index contributed by atoms with van der Waals surface area (Å²) < 4.78 is 6.51. The van der Waals surface area contributed by atoms with Crippen LogP contribution in [0, 0.1) is 6.92 Å². The van der Waals surface area contributed by atoms with E-state index in [1.807, 2.05) is 0 Å². The fraction of sp³-hybridized carbons (Fsp3) is 0.333. The molecule has 1 saturated heterocycles. The fourth-order valence-electron chi connectivity index (χ4n) is 2.51. The number of benzene rings is 1. The maximum Gasteiger partial charge on any atom is 0.334 e. The predicted molar refractivity (Wildman–Crippen MR) is 89.4 cm³/mol. The van der Waals surface area contributed by atoms with Crippen molar-refractivity contribution in [1.82, 2.24) is 19.7 Å². The molecule has 1 fully saturated rings. The Morgan fingerprint density at radius 1 is 1.32 bits per heavy atom. The van der Waals surface area contributed by atoms with Gasteiger partial charge in [-0.05, 0) is 19.1 Å². The second-order valence-corrected chi connectivity index (χ2v) is 6.23. The van der Waals surface area contributed by atoms with Gasteiger partial charge in [0.05, 0.1) is 23.2 Å². The van der Waals surface area contributed by atoms with Gasteiger partial charge in [0, 0.05) is 6.54 Å². The standard InChI is InChI=1S/C15H14Cl2N4O4/c1-8-18-13(14(22)20-5-6-25-11(7-20)15(23)24)19-21(8)12-9(16)3-2-4-10(12)17/h2-4,11H,5-7H2,1H3,(H,23,24)/t11-/m1/s1. The maximum absolute atomic E-state index is 12.6. The Kier molecular flexibility index (Phi) is 4.94. The Morgan fingerprint density at radius 3 is 2.64 bits per heavy atom. The average molecular weight is 385 g/mol. The van der Waals surface area contributed by atoms with Crippen molar-refractivity contribution in [2.45, 2.75) is 13.0 Å². The van der Waals surface area contributed by atoms with Crippen molar-refractivity contribution < 1.29 is 19.4 Å². The van der Waals surface area contributed by atoms with Crippen LogP contribution in [0.2, 0.25) is 10.0 Å². The van der Waals surface area contributed by atoms with Crippen LogP contribution in [-0.2, 0) is 9.53 Å². The summed E-state index contributed by atoms with van der Waals surface area (Å²) in [5, 5.41) is 14.0. The van der Waals surface area contributed by atoms with Crippen LogP contribution in [0.15, 0.2) is 18.2 Å². The lowest BCUT2D eigenvalue weighted by Crippen LogP contribution is -2.48. The number of hydrogen-bond donors (Lipinski definition) is 1. The Balaban J connectivity index is 1.90. The summed E-state index contributed by atoms with van der Waals surface area (Å²) in [7, 11) is 0. The number of ether oxygens (including phenoxy) is 1. The zero-order valence-electron chi connectivity index (χ0n) is 13.1. The van der Waals surface area contributed by atoms with Gasteiger partial charge in [-0.2, -0.15) is 0 Å². The molecule has 0 unspecified atom stereocenters. The second kappa shape index (κ2) is 6.99. The SMILES string of the molecule is Cc1nc(C(=O)N2CCO[C@@H](C(=O)O)C2)nn1-c1c(Cl)cccc1Cl. The molecule has 1 amide bonds. The highest BCUT2D eigenvalue weighted by molar-refractivity contribution is 6.37. The van der Waals surface area contributed by atoms with Crippen molar-refractivity contribution in [1.29, 1.82) is 0 Å². The summed E-state index contributed by atoms with van der Waals surface area (Å²) >= 11 is 12.4. The largest absolute Gasteiger partial charge is 0.479 e. The second-order valence-electron chi connectivity index (χ2n) is 5.41. The number of amides is 1. The van der Waals surface area contributed by atoms with Crippen LogP contribution in [0.4, 0.5) is 0 Å². The molecule has 0 saturated carbocycles. The molecule has 0 spiro atoms. The first-order chi connectivity index (χ1) is 11.9. The molecule has 1 aliphatic rings. The highest BCUT2D eigenvalue weighted by Crippen LogP contribution is 2.28. The van der Waals surface area contributed by atoms with Crippen LogP contribution in [0.5, 0.6) is 0 Å². The van der Waals surface area contributed by atoms with Gasteiger partial charge in [0.15, 0.2) is 6.10 Å². The zero-order chi connectivity index (χ0) is 18.1. The Bertz CT molecular complexity index is 819. The summed E-state index contributed by atoms with van der Waals surface area (Å²) in [6, 6.07) is 5.02. The molecule has 1 aromatic carbocycles. The summed E-state index contributed by atoms with van der Waals surface area (Å²) in [5.41, 5.74) is 0.431. The maximum atomic E-state index is 12.6. The predicted octanol–water partition coefficient (Wildman–Crippen LogP) is 1.81. The molecule has 0 bridgehead atoms. The lowest BCUT2D eigenvalue weighted by molar-refractivity contribution is -0.154.